The highest BCUT2D eigenvalue weighted by molar-refractivity contribution is 7.14. The van der Waals surface area contributed by atoms with Crippen LogP contribution in [0.15, 0.2) is 89.6 Å². The van der Waals surface area contributed by atoms with Crippen molar-refractivity contribution in [2.24, 2.45) is 0 Å². The van der Waals surface area contributed by atoms with Crippen LogP contribution in [0.1, 0.15) is 0 Å². The molecular formula is C25H19N3OS2. The van der Waals surface area contributed by atoms with Crippen molar-refractivity contribution in [1.29, 1.82) is 0 Å². The van der Waals surface area contributed by atoms with Crippen molar-refractivity contribution in [2.75, 3.05) is 12.4 Å². The van der Waals surface area contributed by atoms with Crippen molar-refractivity contribution in [3.63, 3.8) is 0 Å². The second kappa shape index (κ2) is 8.71. The molecule has 0 bridgehead atoms. The highest BCUT2D eigenvalue weighted by atomic mass is 32.1. The Bertz CT molecular complexity index is 1290. The predicted octanol–water partition coefficient (Wildman–Crippen LogP) is 7.35. The van der Waals surface area contributed by atoms with Gasteiger partial charge in [-0.1, -0.05) is 42.5 Å². The third-order valence-corrected chi connectivity index (χ3v) is 6.47. The quantitative estimate of drug-likeness (QED) is 0.299. The van der Waals surface area contributed by atoms with E-state index in [0.717, 1.165) is 49.7 Å². The first-order valence-corrected chi connectivity index (χ1v) is 11.5. The van der Waals surface area contributed by atoms with E-state index in [2.05, 4.69) is 40.3 Å². The van der Waals surface area contributed by atoms with Gasteiger partial charge in [0.2, 0.25) is 0 Å². The van der Waals surface area contributed by atoms with Gasteiger partial charge in [0.1, 0.15) is 10.8 Å². The van der Waals surface area contributed by atoms with E-state index < -0.39 is 0 Å². The monoisotopic (exact) mass is 441 g/mol. The zero-order valence-corrected chi connectivity index (χ0v) is 18.4. The molecule has 0 aliphatic heterocycles. The molecule has 0 saturated carbocycles. The molecular weight excluding hydrogens is 422 g/mol. The zero-order valence-electron chi connectivity index (χ0n) is 16.8. The molecule has 0 saturated heterocycles. The summed E-state index contributed by atoms with van der Waals surface area (Å²) in [5, 5.41) is 9.46. The highest BCUT2D eigenvalue weighted by Crippen LogP contribution is 2.32. The van der Waals surface area contributed by atoms with Crippen molar-refractivity contribution in [3.05, 3.63) is 89.6 Å². The third kappa shape index (κ3) is 4.35. The number of hydrogen-bond acceptors (Lipinski definition) is 6. The van der Waals surface area contributed by atoms with Crippen LogP contribution in [0.25, 0.3) is 33.1 Å². The van der Waals surface area contributed by atoms with Crippen LogP contribution in [0, 0.1) is 0 Å². The maximum Gasteiger partial charge on any atom is 0.187 e. The number of nitrogens with one attached hydrogen (secondary N) is 1. The summed E-state index contributed by atoms with van der Waals surface area (Å²) in [4.78, 5) is 9.55. The van der Waals surface area contributed by atoms with E-state index in [-0.39, 0.29) is 0 Å². The van der Waals surface area contributed by atoms with Gasteiger partial charge in [-0.2, -0.15) is 0 Å². The molecule has 3 aromatic carbocycles. The molecule has 1 N–H and O–H groups in total. The molecule has 0 aliphatic carbocycles. The van der Waals surface area contributed by atoms with Gasteiger partial charge in [-0.3, -0.25) is 0 Å². The average Bonchev–Trinajstić information content (AvgIpc) is 3.50. The molecule has 0 amide bonds. The van der Waals surface area contributed by atoms with E-state index in [1.165, 1.54) is 0 Å². The summed E-state index contributed by atoms with van der Waals surface area (Å²) >= 11 is 3.25. The summed E-state index contributed by atoms with van der Waals surface area (Å²) in [6.07, 6.45) is 0. The van der Waals surface area contributed by atoms with Crippen molar-refractivity contribution in [3.8, 4) is 38.8 Å². The molecule has 0 unspecified atom stereocenters. The molecule has 152 valence electrons. The fraction of sp³-hybridized carbons (Fsp3) is 0.0400. The van der Waals surface area contributed by atoms with Gasteiger partial charge in [-0.05, 0) is 36.4 Å². The Balaban J connectivity index is 1.34. The topological polar surface area (TPSA) is 47.0 Å². The van der Waals surface area contributed by atoms with Crippen molar-refractivity contribution < 1.29 is 4.74 Å². The fourth-order valence-corrected chi connectivity index (χ4v) is 4.80. The van der Waals surface area contributed by atoms with Gasteiger partial charge in [0.15, 0.2) is 5.13 Å². The Morgan fingerprint density at radius 3 is 2.26 bits per heavy atom. The minimum absolute atomic E-state index is 0.839. The Morgan fingerprint density at radius 2 is 1.45 bits per heavy atom. The lowest BCUT2D eigenvalue weighted by atomic mass is 10.1. The average molecular weight is 442 g/mol. The Kier molecular flexibility index (Phi) is 5.48. The maximum absolute atomic E-state index is 5.23. The zero-order chi connectivity index (χ0) is 21.0. The lowest BCUT2D eigenvalue weighted by Crippen LogP contribution is -1.90. The van der Waals surface area contributed by atoms with Crippen LogP contribution >= 0.6 is 22.7 Å². The van der Waals surface area contributed by atoms with Crippen LogP contribution in [0.2, 0.25) is 0 Å². The molecule has 2 heterocycles. The van der Waals surface area contributed by atoms with Crippen molar-refractivity contribution in [2.45, 2.75) is 0 Å². The number of benzene rings is 3. The molecule has 0 fully saturated rings. The van der Waals surface area contributed by atoms with E-state index in [1.807, 2.05) is 54.6 Å². The molecule has 6 heteroatoms. The van der Waals surface area contributed by atoms with E-state index in [1.54, 1.807) is 29.8 Å². The van der Waals surface area contributed by atoms with E-state index in [0.29, 0.717) is 0 Å². The van der Waals surface area contributed by atoms with E-state index in [4.69, 9.17) is 14.7 Å². The van der Waals surface area contributed by atoms with Gasteiger partial charge in [-0.15, -0.1) is 22.7 Å². The summed E-state index contributed by atoms with van der Waals surface area (Å²) in [6, 6.07) is 26.5. The van der Waals surface area contributed by atoms with Gasteiger partial charge >= 0.3 is 0 Å². The van der Waals surface area contributed by atoms with E-state index >= 15 is 0 Å². The van der Waals surface area contributed by atoms with E-state index in [9.17, 15) is 0 Å². The first-order valence-electron chi connectivity index (χ1n) is 9.77. The minimum atomic E-state index is 0.839. The normalized spacial score (nSPS) is 10.7. The van der Waals surface area contributed by atoms with Gasteiger partial charge in [0, 0.05) is 33.1 Å². The summed E-state index contributed by atoms with van der Waals surface area (Å²) in [6.45, 7) is 0. The van der Waals surface area contributed by atoms with Crippen LogP contribution in [0.3, 0.4) is 0 Å². The summed E-state index contributed by atoms with van der Waals surface area (Å²) in [5.74, 6) is 0.839. The largest absolute Gasteiger partial charge is 0.497 e. The second-order valence-corrected chi connectivity index (χ2v) is 8.59. The maximum atomic E-state index is 5.23. The van der Waals surface area contributed by atoms with Crippen LogP contribution < -0.4 is 10.1 Å². The predicted molar refractivity (Wildman–Crippen MR) is 130 cm³/mol. The highest BCUT2D eigenvalue weighted by Gasteiger charge is 2.09. The van der Waals surface area contributed by atoms with Gasteiger partial charge < -0.3 is 10.1 Å². The van der Waals surface area contributed by atoms with Gasteiger partial charge in [-0.25, -0.2) is 9.97 Å². The molecule has 4 nitrogen and oxygen atoms in total. The first kappa shape index (κ1) is 19.5. The first-order chi connectivity index (χ1) is 15.3. The number of aromatic nitrogens is 2. The Hall–Kier alpha value is -3.48. The van der Waals surface area contributed by atoms with Crippen LogP contribution in [0.4, 0.5) is 10.8 Å². The molecule has 0 spiro atoms. The van der Waals surface area contributed by atoms with Gasteiger partial charge in [0.05, 0.1) is 18.5 Å². The number of nitrogens with zero attached hydrogens (tertiary/aromatic N) is 2. The lowest BCUT2D eigenvalue weighted by molar-refractivity contribution is 0.415. The Morgan fingerprint density at radius 1 is 0.710 bits per heavy atom. The smallest absolute Gasteiger partial charge is 0.187 e. The summed E-state index contributed by atoms with van der Waals surface area (Å²) < 4.78 is 5.23. The number of methoxy groups -OCH3 is 1. The van der Waals surface area contributed by atoms with Gasteiger partial charge in [0.25, 0.3) is 0 Å². The fourth-order valence-electron chi connectivity index (χ4n) is 3.22. The number of anilines is 2. The molecule has 0 atom stereocenters. The number of ether oxygens (including phenoxy) is 1. The standard InChI is InChI=1S/C25H19N3OS2/c1-29-21-12-10-17(11-13-21)22-16-31-25(28-22)26-20-9-5-8-19(14-20)23-15-30-24(27-23)18-6-3-2-4-7-18/h2-16H,1H3,(H,26,28). The summed E-state index contributed by atoms with van der Waals surface area (Å²) in [7, 11) is 1.67. The Labute approximate surface area is 188 Å². The second-order valence-electron chi connectivity index (χ2n) is 6.88. The number of thiazole rings is 2. The molecule has 5 aromatic rings. The minimum Gasteiger partial charge on any atom is -0.497 e. The molecule has 5 rings (SSSR count). The van der Waals surface area contributed by atoms with Crippen molar-refractivity contribution >= 4 is 33.5 Å². The van der Waals surface area contributed by atoms with Crippen LogP contribution in [0.5, 0.6) is 5.75 Å². The number of hydrogen-bond donors (Lipinski definition) is 1. The molecule has 2 aromatic heterocycles. The molecule has 31 heavy (non-hydrogen) atoms. The number of rotatable bonds is 6. The SMILES string of the molecule is COc1ccc(-c2csc(Nc3cccc(-c4csc(-c5ccccc5)n4)c3)n2)cc1. The summed E-state index contributed by atoms with van der Waals surface area (Å²) in [5.41, 5.74) is 6.19. The third-order valence-electron chi connectivity index (χ3n) is 4.82. The van der Waals surface area contributed by atoms with Crippen LogP contribution in [-0.2, 0) is 0 Å². The lowest BCUT2D eigenvalue weighted by Gasteiger charge is -2.05. The molecule has 0 radical (unpaired) electrons. The van der Waals surface area contributed by atoms with Crippen LogP contribution in [-0.4, -0.2) is 17.1 Å². The molecule has 0 aliphatic rings. The van der Waals surface area contributed by atoms with Crippen molar-refractivity contribution in [1.82, 2.24) is 9.97 Å².